The second-order valence-electron chi connectivity index (χ2n) is 4.90. The maximum absolute atomic E-state index is 12.2. The van der Waals surface area contributed by atoms with Crippen LogP contribution in [-0.2, 0) is 0 Å². The third-order valence-electron chi connectivity index (χ3n) is 3.46. The number of carbonyl (C=O) groups excluding carboxylic acids is 1. The number of carbonyl (C=O) groups is 1. The van der Waals surface area contributed by atoms with Crippen molar-refractivity contribution in [1.82, 2.24) is 10.3 Å². The summed E-state index contributed by atoms with van der Waals surface area (Å²) >= 11 is 3.23. The van der Waals surface area contributed by atoms with Gasteiger partial charge in [0, 0.05) is 16.0 Å². The second-order valence-corrected chi connectivity index (χ2v) is 6.67. The van der Waals surface area contributed by atoms with E-state index in [2.05, 4.69) is 15.6 Å². The van der Waals surface area contributed by atoms with Crippen LogP contribution in [0.1, 0.15) is 34.4 Å². The van der Waals surface area contributed by atoms with Crippen molar-refractivity contribution in [3.63, 3.8) is 0 Å². The molecular formula is C15H17N3OS2. The number of nitrogens with one attached hydrogen (secondary N) is 2. The van der Waals surface area contributed by atoms with Crippen LogP contribution in [0.15, 0.2) is 34.5 Å². The number of amides is 1. The minimum absolute atomic E-state index is 0.146. The van der Waals surface area contributed by atoms with Crippen molar-refractivity contribution >= 4 is 34.7 Å². The average molecular weight is 319 g/mol. The van der Waals surface area contributed by atoms with Crippen molar-refractivity contribution in [2.24, 2.45) is 0 Å². The molecule has 1 saturated heterocycles. The quantitative estimate of drug-likeness (QED) is 0.846. The molecule has 1 unspecified atom stereocenters. The van der Waals surface area contributed by atoms with Gasteiger partial charge >= 0.3 is 0 Å². The molecule has 1 amide bonds. The Morgan fingerprint density at radius 2 is 2.24 bits per heavy atom. The van der Waals surface area contributed by atoms with E-state index in [9.17, 15) is 4.79 Å². The molecule has 110 valence electrons. The van der Waals surface area contributed by atoms with Crippen molar-refractivity contribution in [1.29, 1.82) is 0 Å². The van der Waals surface area contributed by atoms with Gasteiger partial charge in [-0.15, -0.1) is 23.1 Å². The maximum Gasteiger partial charge on any atom is 0.275 e. The standard InChI is InChI=1S/C15H17N3OS2/c1-20-11-6-4-10(5-7-11)17-14(19)13-9-21-15(18-13)12-3-2-8-16-12/h4-7,9,12,16H,2-3,8H2,1H3,(H,17,19). The van der Waals surface area contributed by atoms with Crippen LogP contribution in [0.4, 0.5) is 5.69 Å². The van der Waals surface area contributed by atoms with Gasteiger partial charge in [-0.25, -0.2) is 4.98 Å². The van der Waals surface area contributed by atoms with Crippen LogP contribution in [0.3, 0.4) is 0 Å². The lowest BCUT2D eigenvalue weighted by Gasteiger charge is -2.05. The lowest BCUT2D eigenvalue weighted by atomic mass is 10.2. The van der Waals surface area contributed by atoms with Crippen molar-refractivity contribution in [3.8, 4) is 0 Å². The first-order chi connectivity index (χ1) is 10.3. The molecule has 6 heteroatoms. The van der Waals surface area contributed by atoms with Gasteiger partial charge in [0.2, 0.25) is 0 Å². The Hall–Kier alpha value is -1.37. The number of rotatable bonds is 4. The Morgan fingerprint density at radius 3 is 2.90 bits per heavy atom. The van der Waals surface area contributed by atoms with E-state index in [0.29, 0.717) is 11.7 Å². The molecule has 0 aliphatic carbocycles. The summed E-state index contributed by atoms with van der Waals surface area (Å²) in [6.07, 6.45) is 4.31. The number of thiazole rings is 1. The fourth-order valence-corrected chi connectivity index (χ4v) is 3.63. The minimum Gasteiger partial charge on any atom is -0.321 e. The normalized spacial score (nSPS) is 17.9. The molecule has 0 radical (unpaired) electrons. The number of aromatic nitrogens is 1. The third kappa shape index (κ3) is 3.45. The topological polar surface area (TPSA) is 54.0 Å². The summed E-state index contributed by atoms with van der Waals surface area (Å²) in [5, 5.41) is 9.13. The van der Waals surface area contributed by atoms with Crippen LogP contribution >= 0.6 is 23.1 Å². The molecule has 4 nitrogen and oxygen atoms in total. The Balaban J connectivity index is 1.67. The van der Waals surface area contributed by atoms with Gasteiger partial charge in [0.05, 0.1) is 6.04 Å². The summed E-state index contributed by atoms with van der Waals surface area (Å²) in [5.41, 5.74) is 1.30. The monoisotopic (exact) mass is 319 g/mol. The highest BCUT2D eigenvalue weighted by atomic mass is 32.2. The van der Waals surface area contributed by atoms with Gasteiger partial charge in [-0.2, -0.15) is 0 Å². The summed E-state index contributed by atoms with van der Waals surface area (Å²) in [7, 11) is 0. The van der Waals surface area contributed by atoms with Gasteiger partial charge in [-0.05, 0) is 49.9 Å². The molecular weight excluding hydrogens is 302 g/mol. The summed E-state index contributed by atoms with van der Waals surface area (Å²) in [5.74, 6) is -0.146. The van der Waals surface area contributed by atoms with E-state index in [0.717, 1.165) is 23.7 Å². The smallest absolute Gasteiger partial charge is 0.275 e. The molecule has 1 aliphatic rings. The molecule has 2 heterocycles. The Bertz CT molecular complexity index is 618. The van der Waals surface area contributed by atoms with Gasteiger partial charge < -0.3 is 10.6 Å². The molecule has 1 aromatic heterocycles. The number of hydrogen-bond donors (Lipinski definition) is 2. The van der Waals surface area contributed by atoms with Gasteiger partial charge in [-0.3, -0.25) is 4.79 Å². The minimum atomic E-state index is -0.146. The fourth-order valence-electron chi connectivity index (χ4n) is 2.32. The van der Waals surface area contributed by atoms with Crippen molar-refractivity contribution in [2.45, 2.75) is 23.8 Å². The summed E-state index contributed by atoms with van der Waals surface area (Å²) < 4.78 is 0. The molecule has 0 spiro atoms. The van der Waals surface area contributed by atoms with Crippen LogP contribution < -0.4 is 10.6 Å². The zero-order chi connectivity index (χ0) is 14.7. The predicted octanol–water partition coefficient (Wildman–Crippen LogP) is 3.54. The van der Waals surface area contributed by atoms with E-state index in [-0.39, 0.29) is 5.91 Å². The van der Waals surface area contributed by atoms with E-state index in [1.807, 2.05) is 35.9 Å². The molecule has 1 atom stereocenters. The average Bonchev–Trinajstić information content (AvgIpc) is 3.19. The van der Waals surface area contributed by atoms with Crippen molar-refractivity contribution in [3.05, 3.63) is 40.3 Å². The van der Waals surface area contributed by atoms with Crippen LogP contribution in [0, 0.1) is 0 Å². The highest BCUT2D eigenvalue weighted by molar-refractivity contribution is 7.98. The Morgan fingerprint density at radius 1 is 1.43 bits per heavy atom. The molecule has 1 aliphatic heterocycles. The van der Waals surface area contributed by atoms with Gasteiger partial charge in [0.25, 0.3) is 5.91 Å². The maximum atomic E-state index is 12.2. The molecule has 3 rings (SSSR count). The Labute approximate surface area is 132 Å². The summed E-state index contributed by atoms with van der Waals surface area (Å²) in [6, 6.07) is 8.13. The first-order valence-corrected chi connectivity index (χ1v) is 9.01. The largest absolute Gasteiger partial charge is 0.321 e. The first-order valence-electron chi connectivity index (χ1n) is 6.90. The molecule has 21 heavy (non-hydrogen) atoms. The zero-order valence-corrected chi connectivity index (χ0v) is 13.4. The van der Waals surface area contributed by atoms with Crippen LogP contribution in [0.2, 0.25) is 0 Å². The molecule has 2 N–H and O–H groups in total. The van der Waals surface area contributed by atoms with E-state index in [1.54, 1.807) is 23.1 Å². The second kappa shape index (κ2) is 6.60. The summed E-state index contributed by atoms with van der Waals surface area (Å²) in [6.45, 7) is 1.04. The molecule has 2 aromatic rings. The first kappa shape index (κ1) is 14.6. The SMILES string of the molecule is CSc1ccc(NC(=O)c2csc(C3CCCN3)n2)cc1. The fraction of sp³-hybridized carbons (Fsp3) is 0.333. The van der Waals surface area contributed by atoms with Gasteiger partial charge in [0.1, 0.15) is 10.7 Å². The number of nitrogens with zero attached hydrogens (tertiary/aromatic N) is 1. The number of anilines is 1. The lowest BCUT2D eigenvalue weighted by Crippen LogP contribution is -2.15. The van der Waals surface area contributed by atoms with E-state index in [4.69, 9.17) is 0 Å². The van der Waals surface area contributed by atoms with E-state index >= 15 is 0 Å². The number of thioether (sulfide) groups is 1. The zero-order valence-electron chi connectivity index (χ0n) is 11.8. The number of benzene rings is 1. The van der Waals surface area contributed by atoms with Gasteiger partial charge in [-0.1, -0.05) is 0 Å². The van der Waals surface area contributed by atoms with E-state index in [1.165, 1.54) is 11.3 Å². The van der Waals surface area contributed by atoms with Gasteiger partial charge in [0.15, 0.2) is 0 Å². The molecule has 0 bridgehead atoms. The number of hydrogen-bond acceptors (Lipinski definition) is 5. The highest BCUT2D eigenvalue weighted by Gasteiger charge is 2.21. The van der Waals surface area contributed by atoms with Crippen LogP contribution in [0.25, 0.3) is 0 Å². The molecule has 1 fully saturated rings. The molecule has 0 saturated carbocycles. The Kier molecular flexibility index (Phi) is 4.57. The molecule has 1 aromatic carbocycles. The highest BCUT2D eigenvalue weighted by Crippen LogP contribution is 2.26. The third-order valence-corrected chi connectivity index (χ3v) is 5.16. The van der Waals surface area contributed by atoms with Crippen LogP contribution in [0.5, 0.6) is 0 Å². The summed E-state index contributed by atoms with van der Waals surface area (Å²) in [4.78, 5) is 17.8. The van der Waals surface area contributed by atoms with Crippen molar-refractivity contribution in [2.75, 3.05) is 18.1 Å². The van der Waals surface area contributed by atoms with Crippen LogP contribution in [-0.4, -0.2) is 23.7 Å². The van der Waals surface area contributed by atoms with Crippen molar-refractivity contribution < 1.29 is 4.79 Å². The lowest BCUT2D eigenvalue weighted by molar-refractivity contribution is 0.102. The predicted molar refractivity (Wildman–Crippen MR) is 88.3 cm³/mol. The van der Waals surface area contributed by atoms with E-state index < -0.39 is 0 Å².